The molecule has 1 aliphatic heterocycles. The van der Waals surface area contributed by atoms with Crippen molar-refractivity contribution in [3.63, 3.8) is 0 Å². The highest BCUT2D eigenvalue weighted by molar-refractivity contribution is 7.15. The number of esters is 1. The zero-order valence-electron chi connectivity index (χ0n) is 18.5. The molecule has 7 nitrogen and oxygen atoms in total. The molecule has 0 saturated carbocycles. The lowest BCUT2D eigenvalue weighted by Crippen LogP contribution is -2.09. The Bertz CT molecular complexity index is 1260. The lowest BCUT2D eigenvalue weighted by molar-refractivity contribution is -0.140. The number of thiophene rings is 1. The maximum atomic E-state index is 11.9. The maximum absolute atomic E-state index is 11.9. The Morgan fingerprint density at radius 1 is 1.22 bits per heavy atom. The average molecular weight is 449 g/mol. The van der Waals surface area contributed by atoms with E-state index in [9.17, 15) is 4.79 Å². The fourth-order valence-electron chi connectivity index (χ4n) is 3.79. The van der Waals surface area contributed by atoms with Crippen molar-refractivity contribution >= 4 is 23.0 Å². The molecule has 3 aromatic rings. The number of hydrogen-bond donors (Lipinski definition) is 1. The Balaban J connectivity index is 1.88. The number of fused-ring (bicyclic) bond motifs is 3. The van der Waals surface area contributed by atoms with Crippen LogP contribution in [0.4, 0.5) is 0 Å². The molecule has 1 aliphatic rings. The van der Waals surface area contributed by atoms with Crippen LogP contribution in [0.3, 0.4) is 0 Å². The van der Waals surface area contributed by atoms with Gasteiger partial charge in [0, 0.05) is 28.0 Å². The van der Waals surface area contributed by atoms with Gasteiger partial charge >= 0.3 is 5.97 Å². The van der Waals surface area contributed by atoms with Crippen LogP contribution in [0.25, 0.3) is 5.00 Å². The number of benzene rings is 1. The summed E-state index contributed by atoms with van der Waals surface area (Å²) in [5.41, 5.74) is 4.88. The maximum Gasteiger partial charge on any atom is 0.305 e. The quantitative estimate of drug-likeness (QED) is 0.488. The first kappa shape index (κ1) is 21.9. The largest absolute Gasteiger partial charge is 0.469 e. The first-order valence-electron chi connectivity index (χ1n) is 10.3. The zero-order chi connectivity index (χ0) is 22.8. The van der Waals surface area contributed by atoms with E-state index >= 15 is 0 Å². The molecule has 0 bridgehead atoms. The first-order valence-corrected chi connectivity index (χ1v) is 11.1. The van der Waals surface area contributed by atoms with Gasteiger partial charge in [0.25, 0.3) is 0 Å². The van der Waals surface area contributed by atoms with Crippen LogP contribution in [0, 0.1) is 32.6 Å². The van der Waals surface area contributed by atoms with Crippen molar-refractivity contribution in [2.45, 2.75) is 39.7 Å². The summed E-state index contributed by atoms with van der Waals surface area (Å²) in [7, 11) is 1.39. The molecule has 0 amide bonds. The number of aliphatic hydroxyl groups excluding tert-OH is 1. The Labute approximate surface area is 190 Å². The fraction of sp³-hybridized carbons (Fsp3) is 0.333. The van der Waals surface area contributed by atoms with E-state index < -0.39 is 0 Å². The van der Waals surface area contributed by atoms with E-state index in [2.05, 4.69) is 40.5 Å². The molecule has 1 atom stereocenters. The molecule has 32 heavy (non-hydrogen) atoms. The molecule has 0 spiro atoms. The number of carbonyl (C=O) groups excluding carboxylic acids is 1. The van der Waals surface area contributed by atoms with Gasteiger partial charge in [0.15, 0.2) is 5.82 Å². The molecular formula is C24H24N4O3S. The summed E-state index contributed by atoms with van der Waals surface area (Å²) in [6.07, 6.45) is 0.715. The Hall–Kier alpha value is -3.28. The fourth-order valence-corrected chi connectivity index (χ4v) is 5.01. The molecule has 0 unspecified atom stereocenters. The van der Waals surface area contributed by atoms with Gasteiger partial charge in [0.05, 0.1) is 12.8 Å². The number of methoxy groups -OCH3 is 1. The third kappa shape index (κ3) is 3.97. The van der Waals surface area contributed by atoms with Crippen molar-refractivity contribution in [1.29, 1.82) is 0 Å². The molecule has 8 heteroatoms. The molecule has 1 aromatic carbocycles. The summed E-state index contributed by atoms with van der Waals surface area (Å²) in [4.78, 5) is 18.2. The highest BCUT2D eigenvalue weighted by Crippen LogP contribution is 2.39. The lowest BCUT2D eigenvalue weighted by Gasteiger charge is -2.12. The number of aromatic nitrogens is 3. The van der Waals surface area contributed by atoms with Crippen LogP contribution in [0.1, 0.15) is 57.7 Å². The normalized spacial score (nSPS) is 14.5. The predicted molar refractivity (Wildman–Crippen MR) is 123 cm³/mol. The Morgan fingerprint density at radius 3 is 2.66 bits per heavy atom. The van der Waals surface area contributed by atoms with Gasteiger partial charge < -0.3 is 9.84 Å². The van der Waals surface area contributed by atoms with E-state index in [0.717, 1.165) is 39.1 Å². The number of carbonyl (C=O) groups is 1. The first-order chi connectivity index (χ1) is 15.4. The number of aryl methyl sites for hydroxylation is 2. The van der Waals surface area contributed by atoms with Crippen LogP contribution >= 0.6 is 11.3 Å². The van der Waals surface area contributed by atoms with E-state index in [1.165, 1.54) is 17.6 Å². The van der Waals surface area contributed by atoms with Gasteiger partial charge in [-0.1, -0.05) is 24.0 Å². The molecule has 4 rings (SSSR count). The number of hydrogen-bond acceptors (Lipinski definition) is 7. The minimum atomic E-state index is -0.335. The molecule has 0 saturated heterocycles. The van der Waals surface area contributed by atoms with Crippen molar-refractivity contribution in [3.05, 3.63) is 63.0 Å². The number of rotatable bonds is 4. The highest BCUT2D eigenvalue weighted by atomic mass is 32.1. The molecule has 3 heterocycles. The molecule has 0 fully saturated rings. The second-order valence-electron chi connectivity index (χ2n) is 7.55. The summed E-state index contributed by atoms with van der Waals surface area (Å²) in [5, 5.41) is 18.7. The molecule has 1 N–H and O–H groups in total. The van der Waals surface area contributed by atoms with Gasteiger partial charge in [-0.2, -0.15) is 0 Å². The molecule has 2 aromatic heterocycles. The predicted octanol–water partition coefficient (Wildman–Crippen LogP) is 3.44. The standard InChI is InChI=1S/C24H24N4O3S/c1-14-15(2)32-24-21(14)22(18-9-7-17(8-10-18)6-5-13-29)25-19(11-12-20(30)31-4)23-27-26-16(3)28(23)24/h7-10,19,29H,11-13H2,1-4H3/t19-/m0/s1. The third-order valence-corrected chi connectivity index (χ3v) is 6.75. The van der Waals surface area contributed by atoms with E-state index in [0.29, 0.717) is 6.42 Å². The van der Waals surface area contributed by atoms with Gasteiger partial charge in [-0.15, -0.1) is 21.5 Å². The molecular weight excluding hydrogens is 424 g/mol. The van der Waals surface area contributed by atoms with Crippen LogP contribution < -0.4 is 0 Å². The second kappa shape index (κ2) is 9.07. The average Bonchev–Trinajstić information content (AvgIpc) is 3.27. The van der Waals surface area contributed by atoms with Crippen LogP contribution in [0.2, 0.25) is 0 Å². The Kier molecular flexibility index (Phi) is 6.21. The van der Waals surface area contributed by atoms with E-state index in [4.69, 9.17) is 14.8 Å². The Morgan fingerprint density at radius 2 is 1.97 bits per heavy atom. The van der Waals surface area contributed by atoms with Gasteiger partial charge in [-0.3, -0.25) is 14.4 Å². The third-order valence-electron chi connectivity index (χ3n) is 5.56. The van der Waals surface area contributed by atoms with Crippen molar-refractivity contribution in [2.75, 3.05) is 13.7 Å². The van der Waals surface area contributed by atoms with Crippen molar-refractivity contribution in [2.24, 2.45) is 4.99 Å². The summed E-state index contributed by atoms with van der Waals surface area (Å²) in [5.74, 6) is 6.84. The highest BCUT2D eigenvalue weighted by Gasteiger charge is 2.31. The lowest BCUT2D eigenvalue weighted by atomic mass is 9.98. The van der Waals surface area contributed by atoms with Gasteiger partial charge in [-0.25, -0.2) is 0 Å². The van der Waals surface area contributed by atoms with E-state index in [1.807, 2.05) is 31.2 Å². The monoisotopic (exact) mass is 448 g/mol. The van der Waals surface area contributed by atoms with Crippen molar-refractivity contribution < 1.29 is 14.6 Å². The van der Waals surface area contributed by atoms with Crippen molar-refractivity contribution in [3.8, 4) is 16.8 Å². The van der Waals surface area contributed by atoms with Gasteiger partial charge in [-0.05, 0) is 44.9 Å². The minimum Gasteiger partial charge on any atom is -0.469 e. The minimum absolute atomic E-state index is 0.175. The number of ether oxygens (including phenoxy) is 1. The van der Waals surface area contributed by atoms with Crippen LogP contribution in [-0.2, 0) is 9.53 Å². The smallest absolute Gasteiger partial charge is 0.305 e. The number of aliphatic hydroxyl groups is 1. The van der Waals surface area contributed by atoms with Crippen molar-refractivity contribution in [1.82, 2.24) is 14.8 Å². The molecule has 0 aliphatic carbocycles. The number of nitrogens with zero attached hydrogens (tertiary/aromatic N) is 4. The molecule has 164 valence electrons. The summed E-state index contributed by atoms with van der Waals surface area (Å²) < 4.78 is 6.91. The van der Waals surface area contributed by atoms with Gasteiger partial charge in [0.1, 0.15) is 23.5 Å². The van der Waals surface area contributed by atoms with Crippen LogP contribution in [0.5, 0.6) is 0 Å². The summed E-state index contributed by atoms with van der Waals surface area (Å²) in [6, 6.07) is 7.50. The number of aliphatic imine (C=N–C) groups is 1. The SMILES string of the molecule is COC(=O)CC[C@@H]1N=C(c2ccc(C#CCO)cc2)c2c(sc(C)c2C)-n2c(C)nnc21. The zero-order valence-corrected chi connectivity index (χ0v) is 19.3. The molecule has 0 radical (unpaired) electrons. The summed E-state index contributed by atoms with van der Waals surface area (Å²) in [6.45, 7) is 5.97. The van der Waals surface area contributed by atoms with E-state index in [1.54, 1.807) is 11.3 Å². The second-order valence-corrected chi connectivity index (χ2v) is 8.75. The van der Waals surface area contributed by atoms with Gasteiger partial charge in [0.2, 0.25) is 0 Å². The van der Waals surface area contributed by atoms with Crippen LogP contribution in [0.15, 0.2) is 29.3 Å². The topological polar surface area (TPSA) is 89.6 Å². The van der Waals surface area contributed by atoms with Crippen LogP contribution in [-0.4, -0.2) is 45.3 Å². The summed E-state index contributed by atoms with van der Waals surface area (Å²) >= 11 is 1.70. The van der Waals surface area contributed by atoms with E-state index in [-0.39, 0.29) is 25.0 Å².